The predicted molar refractivity (Wildman–Crippen MR) is 91.4 cm³/mol. The van der Waals surface area contributed by atoms with Crippen molar-refractivity contribution in [1.82, 2.24) is 34.5 Å². The number of hydrogen-bond donors (Lipinski definition) is 1. The van der Waals surface area contributed by atoms with Crippen molar-refractivity contribution in [1.29, 1.82) is 0 Å². The summed E-state index contributed by atoms with van der Waals surface area (Å²) >= 11 is 0. The number of aryl methyl sites for hydroxylation is 2. The van der Waals surface area contributed by atoms with Crippen LogP contribution in [0.1, 0.15) is 0 Å². The summed E-state index contributed by atoms with van der Waals surface area (Å²) in [7, 11) is 5.24. The van der Waals surface area contributed by atoms with Crippen LogP contribution < -0.4 is 10.1 Å². The van der Waals surface area contributed by atoms with Gasteiger partial charge in [-0.25, -0.2) is 10.1 Å². The maximum absolute atomic E-state index is 5.13. The van der Waals surface area contributed by atoms with Gasteiger partial charge in [0.2, 0.25) is 5.88 Å². The van der Waals surface area contributed by atoms with E-state index in [4.69, 9.17) is 4.74 Å². The molecule has 0 fully saturated rings. The van der Waals surface area contributed by atoms with E-state index in [1.807, 2.05) is 20.2 Å². The van der Waals surface area contributed by atoms with Crippen LogP contribution in [0.25, 0.3) is 22.6 Å². The summed E-state index contributed by atoms with van der Waals surface area (Å²) < 4.78 is 8.54. The van der Waals surface area contributed by atoms with Crippen LogP contribution in [0.2, 0.25) is 0 Å². The van der Waals surface area contributed by atoms with E-state index in [0.29, 0.717) is 23.2 Å². The molecule has 1 N–H and O–H groups in total. The van der Waals surface area contributed by atoms with Crippen molar-refractivity contribution in [2.24, 2.45) is 14.1 Å². The molecule has 0 saturated heterocycles. The molecule has 0 spiro atoms. The molecule has 4 aromatic rings. The largest absolute Gasteiger partial charge is 1.00 e. The van der Waals surface area contributed by atoms with Crippen molar-refractivity contribution in [3.05, 3.63) is 36.7 Å². The fraction of sp³-hybridized carbons (Fsp3) is 0.188. The van der Waals surface area contributed by atoms with Gasteiger partial charge in [-0.15, -0.1) is 12.1 Å². The second-order valence-electron chi connectivity index (χ2n) is 5.38. The van der Waals surface area contributed by atoms with Gasteiger partial charge in [-0.05, 0) is 6.20 Å². The van der Waals surface area contributed by atoms with E-state index in [9.17, 15) is 0 Å². The molecule has 133 valence electrons. The van der Waals surface area contributed by atoms with Gasteiger partial charge in [-0.2, -0.15) is 10.1 Å². The molecular weight excluding hydrogens is 510 g/mol. The number of nitrogens with zero attached hydrogens (tertiary/aromatic N) is 7. The molecule has 0 aliphatic rings. The molecule has 0 amide bonds. The summed E-state index contributed by atoms with van der Waals surface area (Å²) in [6.45, 7) is 0. The maximum atomic E-state index is 5.13. The Morgan fingerprint density at radius 3 is 2.85 bits per heavy atom. The van der Waals surface area contributed by atoms with Gasteiger partial charge in [0.05, 0.1) is 12.8 Å². The Kier molecular flexibility index (Phi) is 4.96. The summed E-state index contributed by atoms with van der Waals surface area (Å²) in [5.74, 6) is 2.38. The zero-order valence-electron chi connectivity index (χ0n) is 14.3. The Balaban J connectivity index is 0.00000196. The van der Waals surface area contributed by atoms with Crippen LogP contribution in [-0.4, -0.2) is 41.6 Å². The molecule has 0 bridgehead atoms. The number of fused-ring (bicyclic) bond motifs is 1. The van der Waals surface area contributed by atoms with E-state index in [2.05, 4.69) is 36.5 Å². The molecule has 0 saturated carbocycles. The molecule has 4 rings (SSSR count). The minimum Gasteiger partial charge on any atom is -0.481 e. The summed E-state index contributed by atoms with van der Waals surface area (Å²) in [6, 6.07) is 8.47. The molecule has 4 aromatic heterocycles. The van der Waals surface area contributed by atoms with Crippen LogP contribution in [0.15, 0.2) is 30.6 Å². The van der Waals surface area contributed by atoms with Gasteiger partial charge in [-0.3, -0.25) is 4.68 Å². The van der Waals surface area contributed by atoms with E-state index in [1.165, 1.54) is 0 Å². The van der Waals surface area contributed by atoms with Gasteiger partial charge >= 0.3 is 19.8 Å². The maximum Gasteiger partial charge on any atom is 1.00 e. The summed E-state index contributed by atoms with van der Waals surface area (Å²) in [5.41, 5.74) is 1.39. The van der Waals surface area contributed by atoms with Crippen molar-refractivity contribution < 1.29 is 24.5 Å². The minimum atomic E-state index is 0. The Labute approximate surface area is 162 Å². The number of nitrogens with one attached hydrogen (secondary N) is 1. The number of hydrogen-bond acceptors (Lipinski definition) is 7. The van der Waals surface area contributed by atoms with E-state index in [0.717, 1.165) is 16.9 Å². The number of methoxy groups -OCH3 is 1. The molecule has 1 radical (unpaired) electrons. The molecule has 0 aliphatic heterocycles. The van der Waals surface area contributed by atoms with Crippen molar-refractivity contribution >= 4 is 22.7 Å². The van der Waals surface area contributed by atoms with E-state index in [1.54, 1.807) is 41.0 Å². The first kappa shape index (κ1) is 18.0. The first-order chi connectivity index (χ1) is 12.1. The van der Waals surface area contributed by atoms with Crippen LogP contribution in [0.5, 0.6) is 5.88 Å². The fourth-order valence-corrected chi connectivity index (χ4v) is 2.43. The number of rotatable bonds is 4. The SMILES string of the molecule is COc1ccnc(-c2cc(Nc3c[c-]c4cnn(C)c4n3)n(C)n2)n1.[Os+]. The third-order valence-corrected chi connectivity index (χ3v) is 3.70. The Morgan fingerprint density at radius 2 is 2.04 bits per heavy atom. The average molecular weight is 526 g/mol. The number of anilines is 2. The zero-order chi connectivity index (χ0) is 17.4. The van der Waals surface area contributed by atoms with E-state index in [-0.39, 0.29) is 19.8 Å². The molecule has 0 atom stereocenters. The predicted octanol–water partition coefficient (Wildman–Crippen LogP) is 1.71. The van der Waals surface area contributed by atoms with Crippen LogP contribution in [0.4, 0.5) is 11.6 Å². The number of pyridine rings is 1. The summed E-state index contributed by atoms with van der Waals surface area (Å²) in [5, 5.41) is 12.7. The Bertz CT molecular complexity index is 1060. The Morgan fingerprint density at radius 1 is 1.19 bits per heavy atom. The molecule has 4 heterocycles. The van der Waals surface area contributed by atoms with Crippen LogP contribution in [0, 0.1) is 6.07 Å². The molecule has 0 aromatic carbocycles. The van der Waals surface area contributed by atoms with E-state index >= 15 is 0 Å². The normalized spacial score (nSPS) is 10.6. The second kappa shape index (κ2) is 7.18. The van der Waals surface area contributed by atoms with Gasteiger partial charge in [-0.1, -0.05) is 5.39 Å². The molecule has 9 nitrogen and oxygen atoms in total. The average Bonchev–Trinajstić information content (AvgIpc) is 3.18. The van der Waals surface area contributed by atoms with Crippen molar-refractivity contribution in [2.45, 2.75) is 0 Å². The molecular formula is C16H15N8OOs. The summed E-state index contributed by atoms with van der Waals surface area (Å²) in [6.07, 6.45) is 3.37. The molecule has 0 unspecified atom stereocenters. The van der Waals surface area contributed by atoms with Gasteiger partial charge in [0.1, 0.15) is 11.5 Å². The first-order valence-electron chi connectivity index (χ1n) is 7.53. The first-order valence-corrected chi connectivity index (χ1v) is 7.53. The van der Waals surface area contributed by atoms with Crippen LogP contribution >= 0.6 is 0 Å². The number of aromatic nitrogens is 7. The quantitative estimate of drug-likeness (QED) is 0.406. The van der Waals surface area contributed by atoms with E-state index < -0.39 is 0 Å². The minimum absolute atomic E-state index is 0. The topological polar surface area (TPSA) is 95.6 Å². The van der Waals surface area contributed by atoms with Crippen molar-refractivity contribution in [3.8, 4) is 17.4 Å². The Hall–Kier alpha value is -2.85. The fourth-order valence-electron chi connectivity index (χ4n) is 2.43. The summed E-state index contributed by atoms with van der Waals surface area (Å²) in [4.78, 5) is 13.1. The standard InChI is InChI=1S/C16H15N8O.Os/c1-23-13(8-11(22-23)15-17-7-6-14(21-15)25-3)19-12-5-4-10-9-18-24(2)16(10)20-12;/h5-9H,1-3H3,(H,19,20);/q-1;+1. The second-order valence-corrected chi connectivity index (χ2v) is 5.38. The molecule has 26 heavy (non-hydrogen) atoms. The molecule has 10 heteroatoms. The number of ether oxygens (including phenoxy) is 1. The van der Waals surface area contributed by atoms with Crippen LogP contribution in [-0.2, 0) is 33.9 Å². The van der Waals surface area contributed by atoms with Gasteiger partial charge < -0.3 is 19.7 Å². The third kappa shape index (κ3) is 3.28. The van der Waals surface area contributed by atoms with Gasteiger partial charge in [0.15, 0.2) is 5.82 Å². The monoisotopic (exact) mass is 527 g/mol. The van der Waals surface area contributed by atoms with Crippen LogP contribution in [0.3, 0.4) is 0 Å². The zero-order valence-corrected chi connectivity index (χ0v) is 16.8. The van der Waals surface area contributed by atoms with Gasteiger partial charge in [0, 0.05) is 38.2 Å². The smallest absolute Gasteiger partial charge is 0.481 e. The third-order valence-electron chi connectivity index (χ3n) is 3.70. The van der Waals surface area contributed by atoms with Gasteiger partial charge in [0.25, 0.3) is 0 Å². The van der Waals surface area contributed by atoms with Crippen molar-refractivity contribution in [3.63, 3.8) is 0 Å². The van der Waals surface area contributed by atoms with Crippen molar-refractivity contribution in [2.75, 3.05) is 12.4 Å². The molecule has 0 aliphatic carbocycles.